The fraction of sp³-hybridized carbons (Fsp3) is 0.455. The average Bonchev–Trinajstić information content (AvgIpc) is 3.68. The van der Waals surface area contributed by atoms with E-state index in [9.17, 15) is 4.79 Å². The summed E-state index contributed by atoms with van der Waals surface area (Å²) in [6.07, 6.45) is 11.4. The molecule has 2 aromatic rings. The number of aryl methyl sites for hydroxylation is 1. The molecule has 1 aliphatic carbocycles. The summed E-state index contributed by atoms with van der Waals surface area (Å²) in [4.78, 5) is 21.8. The smallest absolute Gasteiger partial charge is 0.223 e. The lowest BCUT2D eigenvalue weighted by molar-refractivity contribution is -0.111. The molecule has 1 saturated heterocycles. The van der Waals surface area contributed by atoms with E-state index in [1.165, 1.54) is 25.7 Å². The normalized spacial score (nSPS) is 19.2. The number of carbonyl (C=O) groups is 1. The van der Waals surface area contributed by atoms with Crippen LogP contribution in [0, 0.1) is 6.92 Å². The van der Waals surface area contributed by atoms with Gasteiger partial charge in [-0.05, 0) is 71.6 Å². The molecule has 2 unspecified atom stereocenters. The van der Waals surface area contributed by atoms with E-state index in [-0.39, 0.29) is 17.6 Å². The van der Waals surface area contributed by atoms with Gasteiger partial charge in [-0.25, -0.2) is 0 Å². The summed E-state index contributed by atoms with van der Waals surface area (Å²) in [6, 6.07) is 5.72. The highest BCUT2D eigenvalue weighted by atomic mass is 35.5. The third-order valence-electron chi connectivity index (χ3n) is 7.04. The van der Waals surface area contributed by atoms with E-state index in [4.69, 9.17) is 25.9 Å². The van der Waals surface area contributed by atoms with Crippen molar-refractivity contribution in [3.05, 3.63) is 78.2 Å². The molecule has 41 heavy (non-hydrogen) atoms. The Morgan fingerprint density at radius 1 is 1.24 bits per heavy atom. The largest absolute Gasteiger partial charge is 0.373 e. The molecular weight excluding hydrogens is 536 g/mol. The van der Waals surface area contributed by atoms with Crippen molar-refractivity contribution in [1.82, 2.24) is 15.5 Å². The van der Waals surface area contributed by atoms with Crippen LogP contribution in [0.2, 0.25) is 5.02 Å². The monoisotopic (exact) mass is 580 g/mol. The third-order valence-corrected chi connectivity index (χ3v) is 7.35. The minimum absolute atomic E-state index is 0.0689. The SMILES string of the molecule is C/C=C(/C=C(\C(C)=O)c1ccc(-c2noc(C)n2)cc1Cl)C(\C)=N/C(C)NC1COC2(CCCC2)C1.C=C.C=CC. The summed E-state index contributed by atoms with van der Waals surface area (Å²) >= 11 is 6.61. The number of Topliss-reactive ketones (excluding diaryl/α,β-unsaturated/α-hetero) is 1. The number of rotatable bonds is 8. The first-order chi connectivity index (χ1) is 19.6. The Hall–Kier alpha value is -3.13. The molecule has 2 fully saturated rings. The number of benzene rings is 1. The Kier molecular flexibility index (Phi) is 13.6. The second-order valence-corrected chi connectivity index (χ2v) is 10.7. The van der Waals surface area contributed by atoms with Gasteiger partial charge in [0.05, 0.1) is 18.4 Å². The van der Waals surface area contributed by atoms with E-state index < -0.39 is 0 Å². The van der Waals surface area contributed by atoms with Crippen LogP contribution >= 0.6 is 11.6 Å². The molecule has 1 N–H and O–H groups in total. The molecular formula is C33H45ClN4O3. The fourth-order valence-corrected chi connectivity index (χ4v) is 5.56. The molecule has 8 heteroatoms. The Morgan fingerprint density at radius 3 is 2.44 bits per heavy atom. The molecule has 7 nitrogen and oxygen atoms in total. The summed E-state index contributed by atoms with van der Waals surface area (Å²) < 4.78 is 11.2. The minimum Gasteiger partial charge on any atom is -0.373 e. The quantitative estimate of drug-likeness (QED) is 0.147. The van der Waals surface area contributed by atoms with E-state index in [1.807, 2.05) is 45.1 Å². The molecule has 1 aliphatic heterocycles. The molecule has 2 atom stereocenters. The Bertz CT molecular complexity index is 1270. The fourth-order valence-electron chi connectivity index (χ4n) is 5.27. The lowest BCUT2D eigenvalue weighted by Gasteiger charge is -2.22. The van der Waals surface area contributed by atoms with Gasteiger partial charge in [0.15, 0.2) is 5.78 Å². The van der Waals surface area contributed by atoms with Crippen LogP contribution < -0.4 is 5.32 Å². The summed E-state index contributed by atoms with van der Waals surface area (Å²) in [6.45, 7) is 21.2. The van der Waals surface area contributed by atoms with Crippen molar-refractivity contribution < 1.29 is 14.1 Å². The Balaban J connectivity index is 0.00000110. The molecule has 1 aromatic heterocycles. The number of ketones is 1. The van der Waals surface area contributed by atoms with E-state index in [1.54, 1.807) is 26.0 Å². The van der Waals surface area contributed by atoms with Crippen molar-refractivity contribution in [3.8, 4) is 11.4 Å². The van der Waals surface area contributed by atoms with Gasteiger partial charge < -0.3 is 9.26 Å². The van der Waals surface area contributed by atoms with E-state index >= 15 is 0 Å². The van der Waals surface area contributed by atoms with Gasteiger partial charge in [0, 0.05) is 40.4 Å². The van der Waals surface area contributed by atoms with Gasteiger partial charge in [0.1, 0.15) is 0 Å². The third kappa shape index (κ3) is 9.45. The maximum Gasteiger partial charge on any atom is 0.223 e. The first-order valence-corrected chi connectivity index (χ1v) is 14.5. The summed E-state index contributed by atoms with van der Waals surface area (Å²) in [5.74, 6) is 0.854. The lowest BCUT2D eigenvalue weighted by atomic mass is 9.96. The van der Waals surface area contributed by atoms with Gasteiger partial charge in [-0.2, -0.15) is 4.98 Å². The van der Waals surface area contributed by atoms with Crippen molar-refractivity contribution in [2.45, 2.75) is 91.5 Å². The van der Waals surface area contributed by atoms with Crippen molar-refractivity contribution in [2.24, 2.45) is 4.99 Å². The lowest BCUT2D eigenvalue weighted by Crippen LogP contribution is -2.37. The van der Waals surface area contributed by atoms with Gasteiger partial charge in [-0.15, -0.1) is 19.7 Å². The molecule has 2 aliphatic rings. The van der Waals surface area contributed by atoms with Crippen LogP contribution in [-0.4, -0.2) is 46.1 Å². The minimum atomic E-state index is -0.0802. The number of hydrogen-bond donors (Lipinski definition) is 1. The zero-order valence-corrected chi connectivity index (χ0v) is 26.2. The average molecular weight is 581 g/mol. The standard InChI is InChI=1S/C28H35ClN4O3.C3H6.C2H4/c1-6-21(17(2)30-19(4)31-23-15-28(35-16-23)11-7-8-12-28)13-25(18(3)34)24-10-9-22(14-26(24)29)27-32-20(5)36-33-27;1-3-2;1-2/h6,9-10,13-14,19,23,31H,7-8,11-12,15-16H2,1-5H3;3H,1H2,2H3;1-2H2/b21-6-,25-13+,30-17-;;. The number of nitrogens with one attached hydrogen (secondary N) is 1. The van der Waals surface area contributed by atoms with Crippen LogP contribution in [0.25, 0.3) is 17.0 Å². The van der Waals surface area contributed by atoms with Crippen LogP contribution in [0.4, 0.5) is 0 Å². The van der Waals surface area contributed by atoms with Gasteiger partial charge in [-0.3, -0.25) is 15.1 Å². The first-order valence-electron chi connectivity index (χ1n) is 14.1. The van der Waals surface area contributed by atoms with Crippen LogP contribution in [0.1, 0.15) is 78.2 Å². The molecule has 1 saturated carbocycles. The van der Waals surface area contributed by atoms with Gasteiger partial charge in [-0.1, -0.05) is 53.9 Å². The van der Waals surface area contributed by atoms with Crippen LogP contribution in [0.15, 0.2) is 71.3 Å². The second kappa shape index (κ2) is 16.3. The number of hydrogen-bond acceptors (Lipinski definition) is 7. The highest BCUT2D eigenvalue weighted by Gasteiger charge is 2.42. The zero-order chi connectivity index (χ0) is 30.6. The van der Waals surface area contributed by atoms with Crippen LogP contribution in [0.5, 0.6) is 0 Å². The molecule has 222 valence electrons. The number of aromatic nitrogens is 2. The van der Waals surface area contributed by atoms with E-state index in [0.717, 1.165) is 29.9 Å². The predicted molar refractivity (Wildman–Crippen MR) is 170 cm³/mol. The zero-order valence-electron chi connectivity index (χ0n) is 25.4. The number of carbonyl (C=O) groups excluding carboxylic acids is 1. The molecule has 0 radical (unpaired) electrons. The van der Waals surface area contributed by atoms with E-state index in [2.05, 4.69) is 42.1 Å². The summed E-state index contributed by atoms with van der Waals surface area (Å²) in [5.41, 5.74) is 3.70. The topological polar surface area (TPSA) is 89.6 Å². The van der Waals surface area contributed by atoms with Gasteiger partial charge >= 0.3 is 0 Å². The van der Waals surface area contributed by atoms with Crippen molar-refractivity contribution in [2.75, 3.05) is 6.61 Å². The highest BCUT2D eigenvalue weighted by molar-refractivity contribution is 6.35. The maximum absolute atomic E-state index is 12.6. The molecule has 4 rings (SSSR count). The summed E-state index contributed by atoms with van der Waals surface area (Å²) in [5, 5.41) is 8.00. The van der Waals surface area contributed by atoms with Crippen molar-refractivity contribution in [1.29, 1.82) is 0 Å². The molecule has 2 heterocycles. The predicted octanol–water partition coefficient (Wildman–Crippen LogP) is 8.11. The van der Waals surface area contributed by atoms with Gasteiger partial charge in [0.25, 0.3) is 0 Å². The number of aliphatic imine (C=N–C) groups is 1. The number of allylic oxidation sites excluding steroid dienone is 5. The maximum atomic E-state index is 12.6. The van der Waals surface area contributed by atoms with Crippen molar-refractivity contribution in [3.63, 3.8) is 0 Å². The Morgan fingerprint density at radius 2 is 1.90 bits per heavy atom. The van der Waals surface area contributed by atoms with Crippen molar-refractivity contribution >= 4 is 28.7 Å². The van der Waals surface area contributed by atoms with E-state index in [0.29, 0.717) is 33.9 Å². The van der Waals surface area contributed by atoms with Crippen LogP contribution in [0.3, 0.4) is 0 Å². The van der Waals surface area contributed by atoms with Gasteiger partial charge in [0.2, 0.25) is 11.7 Å². The Labute approximate surface area is 250 Å². The number of nitrogens with zero attached hydrogens (tertiary/aromatic N) is 3. The first kappa shape index (κ1) is 34.1. The number of halogens is 1. The molecule has 0 amide bonds. The molecule has 1 spiro atoms. The molecule has 0 bridgehead atoms. The molecule has 1 aromatic carbocycles. The number of ether oxygens (including phenoxy) is 1. The highest BCUT2D eigenvalue weighted by Crippen LogP contribution is 2.41. The van der Waals surface area contributed by atoms with Crippen LogP contribution in [-0.2, 0) is 9.53 Å². The summed E-state index contributed by atoms with van der Waals surface area (Å²) in [7, 11) is 0. The second-order valence-electron chi connectivity index (χ2n) is 10.3.